The second-order valence-corrected chi connectivity index (χ2v) is 6.60. The van der Waals surface area contributed by atoms with E-state index in [-0.39, 0.29) is 23.8 Å². The van der Waals surface area contributed by atoms with E-state index in [1.807, 2.05) is 48.7 Å². The first-order valence-electron chi connectivity index (χ1n) is 6.75. The molecule has 0 radical (unpaired) electrons. The predicted octanol–water partition coefficient (Wildman–Crippen LogP) is 4.38. The molecule has 104 valence electrons. The van der Waals surface area contributed by atoms with E-state index in [1.54, 1.807) is 11.3 Å². The highest BCUT2D eigenvalue weighted by atomic mass is 35.5. The highest BCUT2D eigenvalue weighted by molar-refractivity contribution is 7.10. The summed E-state index contributed by atoms with van der Waals surface area (Å²) in [5.41, 5.74) is 1.10. The Hall–Kier alpha value is -1.32. The first kappa shape index (κ1) is 13.7. The zero-order valence-electron chi connectivity index (χ0n) is 11.2. The summed E-state index contributed by atoms with van der Waals surface area (Å²) >= 11 is 7.86. The SMILES string of the molecule is CC(NC(=O)C1CC1c1ccccc1Cl)c1cccs1. The minimum Gasteiger partial charge on any atom is -0.349 e. The van der Waals surface area contributed by atoms with E-state index in [4.69, 9.17) is 11.6 Å². The number of benzene rings is 1. The largest absolute Gasteiger partial charge is 0.349 e. The summed E-state index contributed by atoms with van der Waals surface area (Å²) < 4.78 is 0. The molecule has 3 atom stereocenters. The lowest BCUT2D eigenvalue weighted by Crippen LogP contribution is -2.27. The maximum Gasteiger partial charge on any atom is 0.224 e. The van der Waals surface area contributed by atoms with Crippen LogP contribution in [0, 0.1) is 5.92 Å². The topological polar surface area (TPSA) is 29.1 Å². The van der Waals surface area contributed by atoms with Crippen LogP contribution >= 0.6 is 22.9 Å². The normalized spacial score (nSPS) is 22.3. The smallest absolute Gasteiger partial charge is 0.224 e. The van der Waals surface area contributed by atoms with Crippen LogP contribution in [0.4, 0.5) is 0 Å². The van der Waals surface area contributed by atoms with Gasteiger partial charge in [-0.05, 0) is 42.3 Å². The molecule has 1 amide bonds. The Morgan fingerprint density at radius 3 is 2.85 bits per heavy atom. The van der Waals surface area contributed by atoms with Gasteiger partial charge in [-0.15, -0.1) is 11.3 Å². The third kappa shape index (κ3) is 2.74. The number of amides is 1. The van der Waals surface area contributed by atoms with Crippen molar-refractivity contribution < 1.29 is 4.79 Å². The van der Waals surface area contributed by atoms with E-state index in [0.717, 1.165) is 17.0 Å². The van der Waals surface area contributed by atoms with Gasteiger partial charge < -0.3 is 5.32 Å². The van der Waals surface area contributed by atoms with Gasteiger partial charge in [0.1, 0.15) is 0 Å². The fourth-order valence-electron chi connectivity index (χ4n) is 2.53. The summed E-state index contributed by atoms with van der Waals surface area (Å²) in [7, 11) is 0. The van der Waals surface area contributed by atoms with Crippen molar-refractivity contribution in [2.75, 3.05) is 0 Å². The van der Waals surface area contributed by atoms with E-state index in [1.165, 1.54) is 4.88 Å². The summed E-state index contributed by atoms with van der Waals surface area (Å²) in [5.74, 6) is 0.479. The lowest BCUT2D eigenvalue weighted by atomic mass is 10.1. The second kappa shape index (κ2) is 5.58. The number of halogens is 1. The minimum absolute atomic E-state index is 0.0670. The third-order valence-electron chi connectivity index (χ3n) is 3.76. The van der Waals surface area contributed by atoms with Crippen LogP contribution < -0.4 is 5.32 Å². The van der Waals surface area contributed by atoms with Crippen LogP contribution in [0.1, 0.15) is 35.7 Å². The maximum absolute atomic E-state index is 12.3. The van der Waals surface area contributed by atoms with Gasteiger partial charge in [-0.25, -0.2) is 0 Å². The van der Waals surface area contributed by atoms with Crippen LogP contribution in [-0.4, -0.2) is 5.91 Å². The Kier molecular flexibility index (Phi) is 3.81. The number of hydrogen-bond donors (Lipinski definition) is 1. The van der Waals surface area contributed by atoms with Crippen molar-refractivity contribution in [1.29, 1.82) is 0 Å². The molecule has 1 saturated carbocycles. The number of carbonyl (C=O) groups excluding carboxylic acids is 1. The van der Waals surface area contributed by atoms with Gasteiger partial charge in [0.05, 0.1) is 6.04 Å². The van der Waals surface area contributed by atoms with Gasteiger partial charge in [0.25, 0.3) is 0 Å². The van der Waals surface area contributed by atoms with Gasteiger partial charge in [-0.1, -0.05) is 35.9 Å². The van der Waals surface area contributed by atoms with Gasteiger partial charge in [0, 0.05) is 15.8 Å². The third-order valence-corrected chi connectivity index (χ3v) is 5.16. The number of carbonyl (C=O) groups is 1. The van der Waals surface area contributed by atoms with Crippen molar-refractivity contribution in [2.24, 2.45) is 5.92 Å². The lowest BCUT2D eigenvalue weighted by Gasteiger charge is -2.12. The molecule has 1 heterocycles. The molecule has 1 aromatic carbocycles. The van der Waals surface area contributed by atoms with Crippen LogP contribution in [0.3, 0.4) is 0 Å². The average Bonchev–Trinajstić information content (AvgIpc) is 3.03. The highest BCUT2D eigenvalue weighted by Crippen LogP contribution is 2.49. The van der Waals surface area contributed by atoms with Gasteiger partial charge >= 0.3 is 0 Å². The van der Waals surface area contributed by atoms with Crippen molar-refractivity contribution in [3.05, 3.63) is 57.2 Å². The molecule has 1 aliphatic rings. The Morgan fingerprint density at radius 1 is 1.35 bits per heavy atom. The zero-order valence-corrected chi connectivity index (χ0v) is 12.7. The molecule has 0 saturated heterocycles. The first-order valence-corrected chi connectivity index (χ1v) is 8.01. The number of nitrogens with one attached hydrogen (secondary N) is 1. The molecule has 1 aliphatic carbocycles. The lowest BCUT2D eigenvalue weighted by molar-refractivity contribution is -0.123. The predicted molar refractivity (Wildman–Crippen MR) is 83.2 cm³/mol. The minimum atomic E-state index is 0.0670. The molecule has 20 heavy (non-hydrogen) atoms. The van der Waals surface area contributed by atoms with Crippen LogP contribution in [0.2, 0.25) is 5.02 Å². The summed E-state index contributed by atoms with van der Waals surface area (Å²) in [5, 5.41) is 5.88. The van der Waals surface area contributed by atoms with E-state index < -0.39 is 0 Å². The summed E-state index contributed by atoms with van der Waals surface area (Å²) in [4.78, 5) is 13.4. The Morgan fingerprint density at radius 2 is 2.15 bits per heavy atom. The van der Waals surface area contributed by atoms with Gasteiger partial charge in [0.2, 0.25) is 5.91 Å². The molecule has 2 aromatic rings. The maximum atomic E-state index is 12.3. The van der Waals surface area contributed by atoms with Crippen molar-refractivity contribution in [3.8, 4) is 0 Å². The second-order valence-electron chi connectivity index (χ2n) is 5.22. The van der Waals surface area contributed by atoms with Crippen molar-refractivity contribution in [2.45, 2.75) is 25.3 Å². The fourth-order valence-corrected chi connectivity index (χ4v) is 3.54. The van der Waals surface area contributed by atoms with Gasteiger partial charge in [-0.3, -0.25) is 4.79 Å². The molecule has 1 fully saturated rings. The molecule has 1 aromatic heterocycles. The monoisotopic (exact) mass is 305 g/mol. The Bertz CT molecular complexity index is 611. The Labute approximate surface area is 127 Å². The van der Waals surface area contributed by atoms with Crippen molar-refractivity contribution in [1.82, 2.24) is 5.32 Å². The van der Waals surface area contributed by atoms with Crippen LogP contribution in [0.25, 0.3) is 0 Å². The van der Waals surface area contributed by atoms with E-state index in [0.29, 0.717) is 0 Å². The van der Waals surface area contributed by atoms with E-state index >= 15 is 0 Å². The summed E-state index contributed by atoms with van der Waals surface area (Å²) in [6.07, 6.45) is 0.896. The molecular formula is C16H16ClNOS. The molecule has 0 spiro atoms. The standard InChI is InChI=1S/C16H16ClNOS/c1-10(15-7-4-8-20-15)18-16(19)13-9-12(13)11-5-2-3-6-14(11)17/h2-8,10,12-13H,9H2,1H3,(H,18,19). The number of thiophene rings is 1. The van der Waals surface area contributed by atoms with Crippen molar-refractivity contribution >= 4 is 28.8 Å². The number of hydrogen-bond acceptors (Lipinski definition) is 2. The molecular weight excluding hydrogens is 290 g/mol. The molecule has 0 bridgehead atoms. The van der Waals surface area contributed by atoms with E-state index in [2.05, 4.69) is 5.32 Å². The van der Waals surface area contributed by atoms with E-state index in [9.17, 15) is 4.79 Å². The summed E-state index contributed by atoms with van der Waals surface area (Å²) in [6, 6.07) is 11.9. The van der Waals surface area contributed by atoms with Crippen LogP contribution in [0.15, 0.2) is 41.8 Å². The average molecular weight is 306 g/mol. The van der Waals surface area contributed by atoms with Crippen molar-refractivity contribution in [3.63, 3.8) is 0 Å². The molecule has 1 N–H and O–H groups in total. The zero-order chi connectivity index (χ0) is 14.1. The Balaban J connectivity index is 1.62. The van der Waals surface area contributed by atoms with Crippen LogP contribution in [0.5, 0.6) is 0 Å². The first-order chi connectivity index (χ1) is 9.66. The van der Waals surface area contributed by atoms with Gasteiger partial charge in [-0.2, -0.15) is 0 Å². The highest BCUT2D eigenvalue weighted by Gasteiger charge is 2.45. The fraction of sp³-hybridized carbons (Fsp3) is 0.312. The number of rotatable bonds is 4. The molecule has 4 heteroatoms. The van der Waals surface area contributed by atoms with Gasteiger partial charge in [0.15, 0.2) is 0 Å². The van der Waals surface area contributed by atoms with Crippen LogP contribution in [-0.2, 0) is 4.79 Å². The summed E-state index contributed by atoms with van der Waals surface area (Å²) in [6.45, 7) is 2.02. The molecule has 3 unspecified atom stereocenters. The molecule has 0 aliphatic heterocycles. The molecule has 3 rings (SSSR count). The quantitative estimate of drug-likeness (QED) is 0.892. The molecule has 2 nitrogen and oxygen atoms in total.